The molecule has 0 fully saturated rings. The number of aliphatic hydroxyl groups is 3. The number of rotatable bonds is 4. The van der Waals surface area contributed by atoms with Crippen molar-refractivity contribution in [2.75, 3.05) is 19.4 Å². The zero-order chi connectivity index (χ0) is 26.9. The fourth-order valence-electron chi connectivity index (χ4n) is 5.88. The zero-order valence-electron chi connectivity index (χ0n) is 19.6. The van der Waals surface area contributed by atoms with Gasteiger partial charge in [0.2, 0.25) is 5.78 Å². The van der Waals surface area contributed by atoms with Crippen molar-refractivity contribution in [3.05, 3.63) is 52.0 Å². The number of hydrogen-bond donors (Lipinski definition) is 5. The van der Waals surface area contributed by atoms with Crippen molar-refractivity contribution in [1.29, 1.82) is 0 Å². The molecule has 36 heavy (non-hydrogen) atoms. The number of phenols is 1. The minimum absolute atomic E-state index is 0.128. The lowest BCUT2D eigenvalue weighted by Gasteiger charge is -2.54. The number of ether oxygens (including phenoxy) is 1. The number of esters is 1. The van der Waals surface area contributed by atoms with Crippen LogP contribution in [0.2, 0.25) is 0 Å². The number of phenolic OH excluding ortho intramolecular Hbond substituents is 1. The molecule has 6 N–H and O–H groups in total. The van der Waals surface area contributed by atoms with Crippen LogP contribution in [0.1, 0.15) is 28.8 Å². The van der Waals surface area contributed by atoms with Gasteiger partial charge in [0, 0.05) is 11.5 Å². The molecule has 1 aromatic rings. The van der Waals surface area contributed by atoms with E-state index in [2.05, 4.69) is 15.9 Å². The minimum atomic E-state index is -2.95. The van der Waals surface area contributed by atoms with E-state index in [0.29, 0.717) is 5.56 Å². The standard InChI is InChI=1S/C24H25BrN2O9/c1-8-9-5-4-6-10(28)13(9)18(30)14-12(8)20(36-11(29)7-25)16-17(27(2)3)19(31)15(23(26)34)22(33)24(16,35)21(14)32/h4-6,8,12,16-17,20,28,31-32,35H,7H2,1-3H3,(H2,26,34)/t8-,12+,16+,17-,20-,24-/m0/s1. The number of ketones is 2. The molecular weight excluding hydrogens is 540 g/mol. The van der Waals surface area contributed by atoms with E-state index in [4.69, 9.17) is 10.5 Å². The van der Waals surface area contributed by atoms with E-state index in [9.17, 15) is 39.6 Å². The number of primary amides is 1. The summed E-state index contributed by atoms with van der Waals surface area (Å²) in [5.74, 6) is -9.87. The van der Waals surface area contributed by atoms with E-state index < -0.39 is 81.6 Å². The minimum Gasteiger partial charge on any atom is -0.510 e. The van der Waals surface area contributed by atoms with Gasteiger partial charge in [-0.05, 0) is 31.6 Å². The van der Waals surface area contributed by atoms with Crippen LogP contribution in [-0.4, -0.2) is 85.9 Å². The first-order valence-corrected chi connectivity index (χ1v) is 12.1. The van der Waals surface area contributed by atoms with Gasteiger partial charge in [-0.1, -0.05) is 35.0 Å². The van der Waals surface area contributed by atoms with Crippen LogP contribution >= 0.6 is 15.9 Å². The summed E-state index contributed by atoms with van der Waals surface area (Å²) in [6.07, 6.45) is -1.42. The number of nitrogens with two attached hydrogens (primary N) is 1. The third-order valence-electron chi connectivity index (χ3n) is 7.34. The number of carbonyl (C=O) groups excluding carboxylic acids is 4. The van der Waals surface area contributed by atoms with Gasteiger partial charge in [0.1, 0.15) is 34.3 Å². The highest BCUT2D eigenvalue weighted by molar-refractivity contribution is 9.09. The highest BCUT2D eigenvalue weighted by Crippen LogP contribution is 2.56. The Hall–Kier alpha value is -3.22. The van der Waals surface area contributed by atoms with E-state index in [1.165, 1.54) is 31.1 Å². The fraction of sp³-hybridized carbons (Fsp3) is 0.417. The summed E-state index contributed by atoms with van der Waals surface area (Å²) in [6, 6.07) is 3.10. The number of aliphatic hydroxyl groups excluding tert-OH is 2. The lowest BCUT2D eigenvalue weighted by atomic mass is 9.55. The summed E-state index contributed by atoms with van der Waals surface area (Å²) in [5.41, 5.74) is 1.30. The number of fused-ring (bicyclic) bond motifs is 3. The van der Waals surface area contributed by atoms with Gasteiger partial charge >= 0.3 is 5.97 Å². The maximum Gasteiger partial charge on any atom is 0.316 e. The Kier molecular flexibility index (Phi) is 6.26. The highest BCUT2D eigenvalue weighted by Gasteiger charge is 2.68. The molecule has 1 aromatic carbocycles. The van der Waals surface area contributed by atoms with Crippen molar-refractivity contribution in [2.45, 2.75) is 30.6 Å². The van der Waals surface area contributed by atoms with Crippen molar-refractivity contribution >= 4 is 39.4 Å². The van der Waals surface area contributed by atoms with Gasteiger partial charge < -0.3 is 30.9 Å². The predicted molar refractivity (Wildman–Crippen MR) is 127 cm³/mol. The summed E-state index contributed by atoms with van der Waals surface area (Å²) in [4.78, 5) is 53.2. The Bertz CT molecular complexity index is 1270. The first kappa shape index (κ1) is 25.9. The van der Waals surface area contributed by atoms with Gasteiger partial charge in [-0.15, -0.1) is 0 Å². The largest absolute Gasteiger partial charge is 0.510 e. The molecule has 1 amide bonds. The van der Waals surface area contributed by atoms with Crippen LogP contribution in [0.4, 0.5) is 0 Å². The van der Waals surface area contributed by atoms with Crippen LogP contribution in [0.15, 0.2) is 40.9 Å². The Morgan fingerprint density at radius 2 is 1.83 bits per heavy atom. The first-order valence-electron chi connectivity index (χ1n) is 11.0. The molecule has 6 atom stereocenters. The van der Waals surface area contributed by atoms with Crippen molar-refractivity contribution in [2.24, 2.45) is 17.6 Å². The number of hydrogen-bond acceptors (Lipinski definition) is 10. The molecule has 3 aliphatic rings. The van der Waals surface area contributed by atoms with Crippen LogP contribution in [0.3, 0.4) is 0 Å². The van der Waals surface area contributed by atoms with E-state index in [-0.39, 0.29) is 16.6 Å². The summed E-state index contributed by atoms with van der Waals surface area (Å²) in [6.45, 7) is 1.68. The third kappa shape index (κ3) is 3.31. The van der Waals surface area contributed by atoms with E-state index in [1.54, 1.807) is 13.0 Å². The maximum absolute atomic E-state index is 13.6. The smallest absolute Gasteiger partial charge is 0.316 e. The van der Waals surface area contributed by atoms with Crippen LogP contribution in [0.25, 0.3) is 0 Å². The monoisotopic (exact) mass is 564 g/mol. The number of Topliss-reactive ketones (excluding diaryl/α,β-unsaturated/α-hetero) is 2. The second-order valence-electron chi connectivity index (χ2n) is 9.39. The molecule has 0 spiro atoms. The second kappa shape index (κ2) is 8.71. The van der Waals surface area contributed by atoms with Gasteiger partial charge in [-0.2, -0.15) is 0 Å². The fourth-order valence-corrected chi connectivity index (χ4v) is 6.01. The molecule has 0 aliphatic heterocycles. The number of amides is 1. The summed E-state index contributed by atoms with van der Waals surface area (Å²) >= 11 is 3.01. The van der Waals surface area contributed by atoms with E-state index in [0.717, 1.165) is 0 Å². The molecule has 192 valence electrons. The van der Waals surface area contributed by atoms with Gasteiger partial charge in [0.25, 0.3) is 5.91 Å². The number of benzene rings is 1. The number of halogens is 1. The average Bonchev–Trinajstić information content (AvgIpc) is 2.80. The summed E-state index contributed by atoms with van der Waals surface area (Å²) in [5, 5.41) is 44.4. The Balaban J connectivity index is 2.11. The van der Waals surface area contributed by atoms with Gasteiger partial charge in [-0.3, -0.25) is 24.1 Å². The molecule has 0 radical (unpaired) electrons. The van der Waals surface area contributed by atoms with Crippen molar-refractivity contribution < 1.29 is 44.3 Å². The van der Waals surface area contributed by atoms with Crippen LogP contribution in [0.5, 0.6) is 5.75 Å². The van der Waals surface area contributed by atoms with Crippen LogP contribution in [-0.2, 0) is 19.1 Å². The maximum atomic E-state index is 13.6. The number of aromatic hydroxyl groups is 1. The zero-order valence-corrected chi connectivity index (χ0v) is 21.1. The van der Waals surface area contributed by atoms with E-state index in [1.807, 2.05) is 0 Å². The molecule has 0 aromatic heterocycles. The number of alkyl halides is 1. The number of likely N-dealkylation sites (N-methyl/N-ethyl adjacent to an activating group) is 1. The molecule has 0 saturated heterocycles. The predicted octanol–water partition coefficient (Wildman–Crippen LogP) is 0.598. The lowest BCUT2D eigenvalue weighted by Crippen LogP contribution is -2.69. The molecule has 0 unspecified atom stereocenters. The first-order chi connectivity index (χ1) is 16.8. The van der Waals surface area contributed by atoms with Gasteiger partial charge in [0.05, 0.1) is 17.5 Å². The SMILES string of the molecule is C[C@H]1c2cccc(O)c2C(=O)C2=C(O)[C@]3(O)C(=O)C(C(N)=O)=C(O)[C@@H](N(C)C)[C@@H]3[C@@H](OC(=O)CBr)[C@@H]21. The topological polar surface area (TPSA) is 188 Å². The Morgan fingerprint density at radius 3 is 2.39 bits per heavy atom. The quantitative estimate of drug-likeness (QED) is 0.197. The van der Waals surface area contributed by atoms with Crippen molar-refractivity contribution in [3.63, 3.8) is 0 Å². The average molecular weight is 565 g/mol. The molecule has 0 heterocycles. The molecular formula is C24H25BrN2O9. The lowest BCUT2D eigenvalue weighted by molar-refractivity contribution is -0.179. The molecule has 3 aliphatic carbocycles. The summed E-state index contributed by atoms with van der Waals surface area (Å²) in [7, 11) is 2.97. The second-order valence-corrected chi connectivity index (χ2v) is 9.95. The van der Waals surface area contributed by atoms with E-state index >= 15 is 0 Å². The Labute approximate surface area is 214 Å². The Morgan fingerprint density at radius 1 is 1.19 bits per heavy atom. The van der Waals surface area contributed by atoms with Crippen molar-refractivity contribution in [1.82, 2.24) is 4.90 Å². The number of nitrogens with zero attached hydrogens (tertiary/aromatic N) is 1. The molecule has 0 bridgehead atoms. The molecule has 11 nitrogen and oxygen atoms in total. The molecule has 0 saturated carbocycles. The van der Waals surface area contributed by atoms with Crippen LogP contribution < -0.4 is 5.73 Å². The number of carbonyl (C=O) groups is 4. The van der Waals surface area contributed by atoms with Crippen LogP contribution in [0, 0.1) is 11.8 Å². The normalized spacial score (nSPS) is 31.7. The van der Waals surface area contributed by atoms with Gasteiger partial charge in [0.15, 0.2) is 11.4 Å². The van der Waals surface area contributed by atoms with Gasteiger partial charge in [-0.25, -0.2) is 0 Å². The highest BCUT2D eigenvalue weighted by atomic mass is 79.9. The molecule has 12 heteroatoms. The summed E-state index contributed by atoms with van der Waals surface area (Å²) < 4.78 is 5.70. The van der Waals surface area contributed by atoms with Crippen molar-refractivity contribution in [3.8, 4) is 5.75 Å². The molecule has 4 rings (SSSR count). The third-order valence-corrected chi connectivity index (χ3v) is 7.80.